The average molecular weight is 495 g/mol. The summed E-state index contributed by atoms with van der Waals surface area (Å²) < 4.78 is 16.9. The molecule has 2 aromatic carbocycles. The smallest absolute Gasteiger partial charge is 0.331 e. The van der Waals surface area contributed by atoms with Crippen molar-refractivity contribution >= 4 is 35.5 Å². The zero-order chi connectivity index (χ0) is 24.9. The number of benzene rings is 2. The van der Waals surface area contributed by atoms with E-state index in [1.807, 2.05) is 38.1 Å². The van der Waals surface area contributed by atoms with Gasteiger partial charge in [0, 0.05) is 0 Å². The molecule has 9 heteroatoms. The van der Waals surface area contributed by atoms with E-state index in [0.29, 0.717) is 29.4 Å². The minimum atomic E-state index is -0.818. The molecule has 0 spiro atoms. The molecule has 3 aromatic rings. The van der Waals surface area contributed by atoms with Crippen molar-refractivity contribution in [2.24, 2.45) is 0 Å². The number of hydrogen-bond acceptors (Lipinski definition) is 6. The van der Waals surface area contributed by atoms with E-state index in [2.05, 4.69) is 5.32 Å². The second-order valence-electron chi connectivity index (χ2n) is 7.83. The lowest BCUT2D eigenvalue weighted by Crippen LogP contribution is -2.53. The molecule has 0 aliphatic carbocycles. The second-order valence-corrected chi connectivity index (χ2v) is 8.23. The summed E-state index contributed by atoms with van der Waals surface area (Å²) in [5.41, 5.74) is 2.32. The van der Waals surface area contributed by atoms with Crippen LogP contribution in [-0.2, 0) is 22.7 Å². The van der Waals surface area contributed by atoms with Crippen LogP contribution in [0.1, 0.15) is 29.4 Å². The number of nitrogens with zero attached hydrogens (tertiary/aromatic N) is 1. The van der Waals surface area contributed by atoms with Crippen LogP contribution in [0.5, 0.6) is 11.5 Å². The molecule has 180 valence electrons. The first kappa shape index (κ1) is 24.1. The van der Waals surface area contributed by atoms with E-state index in [9.17, 15) is 14.4 Å². The Kier molecular flexibility index (Phi) is 7.22. The van der Waals surface area contributed by atoms with Crippen LogP contribution in [-0.4, -0.2) is 29.4 Å². The van der Waals surface area contributed by atoms with Crippen molar-refractivity contribution in [2.45, 2.75) is 27.0 Å². The fraction of sp³-hybridized carbons (Fsp3) is 0.192. The topological polar surface area (TPSA) is 98.1 Å². The average Bonchev–Trinajstić information content (AvgIpc) is 3.34. The van der Waals surface area contributed by atoms with Crippen LogP contribution in [0.2, 0.25) is 5.02 Å². The molecule has 1 aliphatic rings. The highest BCUT2D eigenvalue weighted by atomic mass is 35.5. The number of ether oxygens (including phenoxy) is 2. The van der Waals surface area contributed by atoms with Gasteiger partial charge >= 0.3 is 6.03 Å². The third kappa shape index (κ3) is 5.55. The molecule has 0 radical (unpaired) electrons. The fourth-order valence-electron chi connectivity index (χ4n) is 3.48. The molecule has 1 fully saturated rings. The van der Waals surface area contributed by atoms with E-state index in [1.54, 1.807) is 24.3 Å². The number of nitrogens with one attached hydrogen (secondary N) is 1. The summed E-state index contributed by atoms with van der Waals surface area (Å²) in [4.78, 5) is 38.6. The number of hydrogen-bond donors (Lipinski definition) is 1. The van der Waals surface area contributed by atoms with Crippen molar-refractivity contribution in [1.29, 1.82) is 0 Å². The molecule has 0 atom stereocenters. The van der Waals surface area contributed by atoms with Gasteiger partial charge in [0.2, 0.25) is 0 Å². The van der Waals surface area contributed by atoms with Crippen LogP contribution in [0.3, 0.4) is 0 Å². The Morgan fingerprint density at radius 2 is 1.86 bits per heavy atom. The Bertz CT molecular complexity index is 1280. The number of carbonyl (C=O) groups is 3. The molecule has 0 bridgehead atoms. The zero-order valence-electron chi connectivity index (χ0n) is 19.2. The zero-order valence-corrected chi connectivity index (χ0v) is 19.9. The summed E-state index contributed by atoms with van der Waals surface area (Å²) >= 11 is 6.50. The van der Waals surface area contributed by atoms with E-state index in [4.69, 9.17) is 25.5 Å². The van der Waals surface area contributed by atoms with Gasteiger partial charge in [-0.05, 0) is 55.3 Å². The first-order valence-corrected chi connectivity index (χ1v) is 11.3. The quantitative estimate of drug-likeness (QED) is 0.354. The highest BCUT2D eigenvalue weighted by Gasteiger charge is 2.36. The predicted molar refractivity (Wildman–Crippen MR) is 129 cm³/mol. The second kappa shape index (κ2) is 10.5. The molecule has 4 amide bonds. The van der Waals surface area contributed by atoms with Gasteiger partial charge in [-0.15, -0.1) is 0 Å². The Hall–Kier alpha value is -4.04. The maximum absolute atomic E-state index is 13.0. The van der Waals surface area contributed by atoms with Crippen molar-refractivity contribution in [3.8, 4) is 11.5 Å². The van der Waals surface area contributed by atoms with E-state index >= 15 is 0 Å². The number of halogens is 1. The first-order chi connectivity index (χ1) is 16.9. The SMILES string of the molecule is CCOc1cc(C=C2C(=O)NC(=O)N(Cc3ccco3)C2=O)cc(Cl)c1OCc1ccc(C)cc1. The summed E-state index contributed by atoms with van der Waals surface area (Å²) in [5, 5.41) is 2.43. The molecule has 1 saturated heterocycles. The highest BCUT2D eigenvalue weighted by Crippen LogP contribution is 2.38. The van der Waals surface area contributed by atoms with Crippen molar-refractivity contribution < 1.29 is 28.3 Å². The number of aryl methyl sites for hydroxylation is 1. The summed E-state index contributed by atoms with van der Waals surface area (Å²) in [5.74, 6) is -0.427. The number of barbiturate groups is 1. The van der Waals surface area contributed by atoms with Crippen LogP contribution < -0.4 is 14.8 Å². The fourth-order valence-corrected chi connectivity index (χ4v) is 3.75. The van der Waals surface area contributed by atoms with Gasteiger partial charge < -0.3 is 13.9 Å². The summed E-state index contributed by atoms with van der Waals surface area (Å²) in [6, 6.07) is 13.6. The number of amides is 4. The number of imide groups is 2. The van der Waals surface area contributed by atoms with Crippen LogP contribution in [0.25, 0.3) is 6.08 Å². The number of rotatable bonds is 8. The van der Waals surface area contributed by atoms with Crippen LogP contribution in [0.15, 0.2) is 64.8 Å². The van der Waals surface area contributed by atoms with E-state index in [1.165, 1.54) is 12.3 Å². The lowest BCUT2D eigenvalue weighted by Gasteiger charge is -2.25. The lowest BCUT2D eigenvalue weighted by molar-refractivity contribution is -0.130. The van der Waals surface area contributed by atoms with Gasteiger partial charge in [0.05, 0.1) is 24.4 Å². The lowest BCUT2D eigenvalue weighted by atomic mass is 10.1. The Morgan fingerprint density at radius 3 is 2.54 bits per heavy atom. The highest BCUT2D eigenvalue weighted by molar-refractivity contribution is 6.33. The van der Waals surface area contributed by atoms with Gasteiger partial charge in [-0.3, -0.25) is 19.8 Å². The minimum Gasteiger partial charge on any atom is -0.490 e. The van der Waals surface area contributed by atoms with Crippen LogP contribution >= 0.6 is 11.6 Å². The minimum absolute atomic E-state index is 0.112. The van der Waals surface area contributed by atoms with Crippen LogP contribution in [0.4, 0.5) is 4.79 Å². The summed E-state index contributed by atoms with van der Waals surface area (Å²) in [7, 11) is 0. The molecule has 4 rings (SSSR count). The maximum atomic E-state index is 13.0. The Labute approximate surface area is 207 Å². The molecule has 1 N–H and O–H groups in total. The van der Waals surface area contributed by atoms with Gasteiger partial charge in [-0.1, -0.05) is 41.4 Å². The molecule has 0 saturated carbocycles. The molecule has 0 unspecified atom stereocenters. The van der Waals surface area contributed by atoms with Gasteiger partial charge in [0.15, 0.2) is 11.5 Å². The van der Waals surface area contributed by atoms with Crippen molar-refractivity contribution in [1.82, 2.24) is 10.2 Å². The summed E-state index contributed by atoms with van der Waals surface area (Å²) in [6.45, 7) is 4.34. The maximum Gasteiger partial charge on any atom is 0.331 e. The Morgan fingerprint density at radius 1 is 1.09 bits per heavy atom. The molecular weight excluding hydrogens is 472 g/mol. The number of urea groups is 1. The normalized spacial score (nSPS) is 14.9. The van der Waals surface area contributed by atoms with Gasteiger partial charge in [-0.25, -0.2) is 4.79 Å². The first-order valence-electron chi connectivity index (χ1n) is 10.9. The van der Waals surface area contributed by atoms with Crippen molar-refractivity contribution in [3.63, 3.8) is 0 Å². The Balaban J connectivity index is 1.61. The molecule has 1 aliphatic heterocycles. The molecule has 8 nitrogen and oxygen atoms in total. The number of furan rings is 1. The third-order valence-electron chi connectivity index (χ3n) is 5.23. The monoisotopic (exact) mass is 494 g/mol. The van der Waals surface area contributed by atoms with Crippen molar-refractivity contribution in [2.75, 3.05) is 6.61 Å². The molecule has 2 heterocycles. The van der Waals surface area contributed by atoms with E-state index in [0.717, 1.165) is 16.0 Å². The van der Waals surface area contributed by atoms with Gasteiger partial charge in [-0.2, -0.15) is 0 Å². The van der Waals surface area contributed by atoms with Crippen LogP contribution in [0, 0.1) is 6.92 Å². The summed E-state index contributed by atoms with van der Waals surface area (Å²) in [6.07, 6.45) is 2.79. The molecule has 35 heavy (non-hydrogen) atoms. The van der Waals surface area contributed by atoms with Crippen molar-refractivity contribution in [3.05, 3.63) is 87.8 Å². The van der Waals surface area contributed by atoms with Gasteiger partial charge in [0.1, 0.15) is 17.9 Å². The van der Waals surface area contributed by atoms with E-state index in [-0.39, 0.29) is 23.7 Å². The number of carbonyl (C=O) groups excluding carboxylic acids is 3. The molecular formula is C26H23ClN2O6. The third-order valence-corrected chi connectivity index (χ3v) is 5.51. The van der Waals surface area contributed by atoms with Gasteiger partial charge in [0.25, 0.3) is 11.8 Å². The largest absolute Gasteiger partial charge is 0.490 e. The standard InChI is InChI=1S/C26H23ClN2O6/c1-3-33-22-13-18(12-21(27)23(22)35-15-17-8-6-16(2)7-9-17)11-20-24(30)28-26(32)29(25(20)31)14-19-5-4-10-34-19/h4-13H,3,14-15H2,1-2H3,(H,28,30,32). The predicted octanol–water partition coefficient (Wildman–Crippen LogP) is 4.88. The molecule has 1 aromatic heterocycles. The van der Waals surface area contributed by atoms with E-state index < -0.39 is 17.8 Å².